The minimum absolute atomic E-state index is 0.0830. The number of para-hydroxylation sites is 2. The molecule has 9 rings (SSSR count). The predicted octanol–water partition coefficient (Wildman–Crippen LogP) is 9.95. The van der Waals surface area contributed by atoms with E-state index in [2.05, 4.69) is 53.9 Å². The highest BCUT2D eigenvalue weighted by Crippen LogP contribution is 2.37. The lowest BCUT2D eigenvalue weighted by Crippen LogP contribution is -2.15. The number of imidazole rings is 2. The second-order valence-electron chi connectivity index (χ2n) is 13.0. The fourth-order valence-electron chi connectivity index (χ4n) is 6.32. The molecule has 17 heteroatoms. The van der Waals surface area contributed by atoms with Gasteiger partial charge < -0.3 is 27.0 Å². The molecule has 292 valence electrons. The van der Waals surface area contributed by atoms with Crippen LogP contribution in [0.1, 0.15) is 40.5 Å². The number of carbonyl (C=O) groups excluding carboxylic acids is 2. The number of aryl methyl sites for hydroxylation is 4. The van der Waals surface area contributed by atoms with Gasteiger partial charge in [-0.1, -0.05) is 24.3 Å². The second kappa shape index (κ2) is 16.2. The minimum Gasteiger partial charge on any atom is -0.397 e. The zero-order valence-corrected chi connectivity index (χ0v) is 35.2. The SMILES string of the molecule is CNC(=O)c1ccc(Nc2nc(-c3c(C)nc4ccccn34)c(C)s2)s1.Cc1nc2ccccn2c1-c1nc(Nc2ccc(C(=O)Nc3ccccc3N)s2)sc1C. The molecule has 58 heavy (non-hydrogen) atoms. The number of amides is 2. The number of rotatable bonds is 9. The van der Waals surface area contributed by atoms with E-state index in [1.54, 1.807) is 47.9 Å². The molecule has 2 amide bonds. The van der Waals surface area contributed by atoms with Gasteiger partial charge in [0.25, 0.3) is 11.8 Å². The van der Waals surface area contributed by atoms with E-state index in [1.807, 2.05) is 93.0 Å². The summed E-state index contributed by atoms with van der Waals surface area (Å²) in [5.74, 6) is -0.279. The van der Waals surface area contributed by atoms with Crippen molar-refractivity contribution in [3.8, 4) is 22.8 Å². The van der Waals surface area contributed by atoms with E-state index >= 15 is 0 Å². The molecule has 6 N–H and O–H groups in total. The number of nitrogens with one attached hydrogen (secondary N) is 4. The summed E-state index contributed by atoms with van der Waals surface area (Å²) in [6.45, 7) is 8.11. The van der Waals surface area contributed by atoms with Gasteiger partial charge in [0, 0.05) is 29.2 Å². The van der Waals surface area contributed by atoms with Gasteiger partial charge in [-0.25, -0.2) is 19.9 Å². The molecule has 8 heterocycles. The Kier molecular flexibility index (Phi) is 10.8. The molecule has 0 aliphatic carbocycles. The molecule has 9 aromatic rings. The van der Waals surface area contributed by atoms with Gasteiger partial charge in [-0.15, -0.1) is 45.3 Å². The summed E-state index contributed by atoms with van der Waals surface area (Å²) in [5.41, 5.74) is 14.6. The van der Waals surface area contributed by atoms with Crippen LogP contribution in [-0.4, -0.2) is 47.6 Å². The quantitative estimate of drug-likeness (QED) is 0.0888. The number of nitrogens with zero attached hydrogens (tertiary/aromatic N) is 6. The van der Waals surface area contributed by atoms with Crippen LogP contribution in [0.2, 0.25) is 0 Å². The first-order valence-electron chi connectivity index (χ1n) is 18.0. The van der Waals surface area contributed by atoms with Crippen molar-refractivity contribution in [3.05, 3.63) is 128 Å². The van der Waals surface area contributed by atoms with Crippen LogP contribution in [-0.2, 0) is 0 Å². The lowest BCUT2D eigenvalue weighted by Gasteiger charge is -2.06. The van der Waals surface area contributed by atoms with Crippen molar-refractivity contribution < 1.29 is 9.59 Å². The summed E-state index contributed by atoms with van der Waals surface area (Å²) in [7, 11) is 1.63. The smallest absolute Gasteiger partial charge is 0.265 e. The molecule has 0 saturated carbocycles. The molecule has 0 aliphatic rings. The summed E-state index contributed by atoms with van der Waals surface area (Å²) < 4.78 is 4.13. The van der Waals surface area contributed by atoms with Gasteiger partial charge in [-0.05, 0) is 88.4 Å². The van der Waals surface area contributed by atoms with E-state index in [-0.39, 0.29) is 11.8 Å². The fourth-order valence-corrected chi connectivity index (χ4v) is 9.75. The molecule has 13 nitrogen and oxygen atoms in total. The molecular formula is C41H37N11O2S4. The molecule has 0 fully saturated rings. The Morgan fingerprint density at radius 1 is 0.586 bits per heavy atom. The van der Waals surface area contributed by atoms with Crippen LogP contribution >= 0.6 is 45.3 Å². The Labute approximate surface area is 349 Å². The third-order valence-corrected chi connectivity index (χ3v) is 12.8. The summed E-state index contributed by atoms with van der Waals surface area (Å²) in [6.07, 6.45) is 4.01. The summed E-state index contributed by atoms with van der Waals surface area (Å²) in [4.78, 5) is 46.6. The van der Waals surface area contributed by atoms with Crippen molar-refractivity contribution in [2.24, 2.45) is 0 Å². The summed E-state index contributed by atoms with van der Waals surface area (Å²) >= 11 is 5.93. The normalized spacial score (nSPS) is 11.1. The molecule has 0 aliphatic heterocycles. The van der Waals surface area contributed by atoms with E-state index in [9.17, 15) is 9.59 Å². The van der Waals surface area contributed by atoms with E-state index in [0.29, 0.717) is 21.1 Å². The summed E-state index contributed by atoms with van der Waals surface area (Å²) in [5, 5.41) is 15.4. The standard InChI is InChI=1S/C23H20N6OS2.C18H17N5OS2/c1-13-21(29-12-6-5-9-18(29)25-13)20-14(2)31-23(28-20)27-19-11-10-17(32-19)22(30)26-16-8-4-3-7-15(16)24;1-10-16(23-9-5-4-6-13(23)20-10)15-11(2)25-18(22-15)21-14-8-7-12(26-14)17(24)19-3/h3-12H,24H2,1-2H3,(H,26,30)(H,27,28);4-9H,1-3H3,(H,19,24)(H,21,22). The molecule has 0 unspecified atom stereocenters. The Hall–Kier alpha value is -6.40. The maximum atomic E-state index is 12.6. The largest absolute Gasteiger partial charge is 0.397 e. The zero-order chi connectivity index (χ0) is 40.5. The van der Waals surface area contributed by atoms with Crippen LogP contribution < -0.4 is 27.0 Å². The average molecular weight is 844 g/mol. The number of hydrogen-bond acceptors (Lipinski definition) is 13. The van der Waals surface area contributed by atoms with Crippen molar-refractivity contribution in [2.45, 2.75) is 27.7 Å². The first-order chi connectivity index (χ1) is 28.1. The number of anilines is 6. The van der Waals surface area contributed by atoms with Gasteiger partial charge in [-0.2, -0.15) is 0 Å². The molecule has 0 radical (unpaired) electrons. The van der Waals surface area contributed by atoms with Gasteiger partial charge >= 0.3 is 0 Å². The highest BCUT2D eigenvalue weighted by Gasteiger charge is 2.20. The number of pyridine rings is 2. The molecule has 0 spiro atoms. The van der Waals surface area contributed by atoms with E-state index in [1.165, 1.54) is 22.7 Å². The van der Waals surface area contributed by atoms with E-state index in [0.717, 1.165) is 75.5 Å². The van der Waals surface area contributed by atoms with Crippen LogP contribution in [0.5, 0.6) is 0 Å². The number of thiophene rings is 2. The van der Waals surface area contributed by atoms with Gasteiger partial charge in [0.2, 0.25) is 0 Å². The van der Waals surface area contributed by atoms with E-state index in [4.69, 9.17) is 15.7 Å². The molecular weight excluding hydrogens is 807 g/mol. The van der Waals surface area contributed by atoms with Crippen LogP contribution in [0.4, 0.5) is 31.6 Å². The second-order valence-corrected chi connectivity index (χ2v) is 17.6. The maximum absolute atomic E-state index is 12.6. The number of nitrogen functional groups attached to an aromatic ring is 1. The third-order valence-electron chi connectivity index (χ3n) is 9.01. The highest BCUT2D eigenvalue weighted by atomic mass is 32.1. The third kappa shape index (κ3) is 7.79. The van der Waals surface area contributed by atoms with Crippen LogP contribution in [0.3, 0.4) is 0 Å². The van der Waals surface area contributed by atoms with E-state index < -0.39 is 0 Å². The number of nitrogens with two attached hydrogens (primary N) is 1. The number of hydrogen-bond donors (Lipinski definition) is 5. The Morgan fingerprint density at radius 2 is 1.07 bits per heavy atom. The number of fused-ring (bicyclic) bond motifs is 2. The Balaban J connectivity index is 0.000000165. The van der Waals surface area contributed by atoms with Crippen molar-refractivity contribution in [1.82, 2.24) is 34.1 Å². The van der Waals surface area contributed by atoms with Gasteiger partial charge in [0.1, 0.15) is 22.7 Å². The predicted molar refractivity (Wildman–Crippen MR) is 239 cm³/mol. The van der Waals surface area contributed by atoms with Crippen molar-refractivity contribution in [2.75, 3.05) is 28.7 Å². The van der Waals surface area contributed by atoms with Crippen LogP contribution in [0.25, 0.3) is 34.1 Å². The van der Waals surface area contributed by atoms with Gasteiger partial charge in [-0.3, -0.25) is 18.4 Å². The number of aromatic nitrogens is 6. The lowest BCUT2D eigenvalue weighted by atomic mass is 10.2. The van der Waals surface area contributed by atoms with Crippen molar-refractivity contribution in [3.63, 3.8) is 0 Å². The molecule has 8 aromatic heterocycles. The molecule has 0 saturated heterocycles. The number of benzene rings is 1. The van der Waals surface area contributed by atoms with Crippen LogP contribution in [0, 0.1) is 27.7 Å². The first kappa shape index (κ1) is 38.5. The monoisotopic (exact) mass is 843 g/mol. The lowest BCUT2D eigenvalue weighted by molar-refractivity contribution is 0.0966. The van der Waals surface area contributed by atoms with Crippen LogP contribution in [0.15, 0.2) is 97.3 Å². The molecule has 0 atom stereocenters. The summed E-state index contributed by atoms with van der Waals surface area (Å²) in [6, 6.07) is 26.5. The first-order valence-corrected chi connectivity index (χ1v) is 21.3. The highest BCUT2D eigenvalue weighted by molar-refractivity contribution is 7.20. The maximum Gasteiger partial charge on any atom is 0.265 e. The Morgan fingerprint density at radius 3 is 1.57 bits per heavy atom. The van der Waals surface area contributed by atoms with Crippen molar-refractivity contribution >= 4 is 100 Å². The van der Waals surface area contributed by atoms with Crippen molar-refractivity contribution in [1.29, 1.82) is 0 Å². The molecule has 0 bridgehead atoms. The number of thiazole rings is 2. The van der Waals surface area contributed by atoms with Gasteiger partial charge in [0.15, 0.2) is 10.3 Å². The fraction of sp³-hybridized carbons (Fsp3) is 0.122. The topological polar surface area (TPSA) is 169 Å². The Bertz CT molecular complexity index is 2950. The van der Waals surface area contributed by atoms with Gasteiger partial charge in [0.05, 0.1) is 53.9 Å². The average Bonchev–Trinajstić information content (AvgIpc) is 4.08. The zero-order valence-electron chi connectivity index (χ0n) is 31.9. The molecule has 1 aromatic carbocycles. The number of carbonyl (C=O) groups is 2. The minimum atomic E-state index is -0.196.